The summed E-state index contributed by atoms with van der Waals surface area (Å²) < 4.78 is 0. The molecule has 3 nitrogen and oxygen atoms in total. The fourth-order valence-electron chi connectivity index (χ4n) is 1.59. The zero-order valence-electron chi connectivity index (χ0n) is 8.38. The Morgan fingerprint density at radius 1 is 1.13 bits per heavy atom. The summed E-state index contributed by atoms with van der Waals surface area (Å²) in [5, 5.41) is 12.8. The molecule has 0 saturated carbocycles. The fraction of sp³-hybridized carbons (Fsp3) is 0.167. The first-order chi connectivity index (χ1) is 7.18. The summed E-state index contributed by atoms with van der Waals surface area (Å²) in [5.74, 6) is 0. The fourth-order valence-corrected chi connectivity index (χ4v) is 1.59. The quantitative estimate of drug-likeness (QED) is 0.553. The lowest BCUT2D eigenvalue weighted by molar-refractivity contribution is -0.524. The molecule has 0 aliphatic rings. The molecule has 0 radical (unpaired) electrons. The van der Waals surface area contributed by atoms with Crippen molar-refractivity contribution in [2.24, 2.45) is 0 Å². The average Bonchev–Trinajstić information content (AvgIpc) is 2.27. The minimum absolute atomic E-state index is 0.274. The summed E-state index contributed by atoms with van der Waals surface area (Å²) >= 11 is 0. The van der Waals surface area contributed by atoms with E-state index in [1.165, 1.54) is 0 Å². The van der Waals surface area contributed by atoms with Gasteiger partial charge in [-0.2, -0.15) is 0 Å². The Hall–Kier alpha value is -1.90. The second-order valence-electron chi connectivity index (χ2n) is 3.57. The third-order valence-corrected chi connectivity index (χ3v) is 2.57. The van der Waals surface area contributed by atoms with E-state index in [1.54, 1.807) is 6.92 Å². The summed E-state index contributed by atoms with van der Waals surface area (Å²) in [6.07, 6.45) is 0. The summed E-state index contributed by atoms with van der Waals surface area (Å²) in [4.78, 5) is 10.4. The van der Waals surface area contributed by atoms with Crippen molar-refractivity contribution in [3.63, 3.8) is 0 Å². The van der Waals surface area contributed by atoms with Gasteiger partial charge in [0.2, 0.25) is 6.04 Å². The zero-order chi connectivity index (χ0) is 10.8. The Kier molecular flexibility index (Phi) is 2.37. The van der Waals surface area contributed by atoms with Crippen LogP contribution in [-0.2, 0) is 0 Å². The van der Waals surface area contributed by atoms with Crippen LogP contribution in [0, 0.1) is 10.1 Å². The summed E-state index contributed by atoms with van der Waals surface area (Å²) in [7, 11) is 0. The van der Waals surface area contributed by atoms with E-state index in [-0.39, 0.29) is 4.92 Å². The van der Waals surface area contributed by atoms with E-state index in [2.05, 4.69) is 0 Å². The van der Waals surface area contributed by atoms with Crippen molar-refractivity contribution in [1.29, 1.82) is 0 Å². The molecule has 0 spiro atoms. The van der Waals surface area contributed by atoms with Gasteiger partial charge in [-0.15, -0.1) is 0 Å². The molecule has 3 heteroatoms. The monoisotopic (exact) mass is 201 g/mol. The molecule has 2 rings (SSSR count). The first-order valence-electron chi connectivity index (χ1n) is 4.80. The van der Waals surface area contributed by atoms with Crippen molar-refractivity contribution in [3.8, 4) is 0 Å². The van der Waals surface area contributed by atoms with Gasteiger partial charge in [-0.3, -0.25) is 10.1 Å². The van der Waals surface area contributed by atoms with Crippen molar-refractivity contribution in [3.05, 3.63) is 58.1 Å². The topological polar surface area (TPSA) is 43.1 Å². The Bertz CT molecular complexity index is 508. The normalized spacial score (nSPS) is 12.6. The van der Waals surface area contributed by atoms with E-state index in [4.69, 9.17) is 0 Å². The first-order valence-corrected chi connectivity index (χ1v) is 4.80. The van der Waals surface area contributed by atoms with Gasteiger partial charge in [-0.25, -0.2) is 0 Å². The number of fused-ring (bicyclic) bond motifs is 1. The lowest BCUT2D eigenvalue weighted by Gasteiger charge is -2.05. The molecule has 2 aromatic rings. The predicted molar refractivity (Wildman–Crippen MR) is 59.4 cm³/mol. The Balaban J connectivity index is 2.51. The maximum absolute atomic E-state index is 10.6. The summed E-state index contributed by atoms with van der Waals surface area (Å²) in [6.45, 7) is 1.60. The molecule has 0 heterocycles. The number of nitrogens with zero attached hydrogens (tertiary/aromatic N) is 1. The molecule has 0 bridgehead atoms. The van der Waals surface area contributed by atoms with Crippen LogP contribution in [-0.4, -0.2) is 4.92 Å². The van der Waals surface area contributed by atoms with Crippen molar-refractivity contribution in [1.82, 2.24) is 0 Å². The van der Waals surface area contributed by atoms with Crippen LogP contribution in [0.15, 0.2) is 42.5 Å². The van der Waals surface area contributed by atoms with E-state index in [0.717, 1.165) is 16.3 Å². The Morgan fingerprint density at radius 3 is 2.47 bits per heavy atom. The van der Waals surface area contributed by atoms with Gasteiger partial charge in [0, 0.05) is 17.4 Å². The van der Waals surface area contributed by atoms with Crippen LogP contribution in [0.1, 0.15) is 18.5 Å². The molecule has 0 saturated heterocycles. The second kappa shape index (κ2) is 3.69. The van der Waals surface area contributed by atoms with Crippen LogP contribution >= 0.6 is 0 Å². The molecule has 0 amide bonds. The molecular weight excluding hydrogens is 190 g/mol. The highest BCUT2D eigenvalue weighted by molar-refractivity contribution is 5.83. The lowest BCUT2D eigenvalue weighted by atomic mass is 10.0. The molecule has 0 aromatic heterocycles. The molecule has 15 heavy (non-hydrogen) atoms. The highest BCUT2D eigenvalue weighted by Gasteiger charge is 2.15. The number of rotatable bonds is 2. The van der Waals surface area contributed by atoms with Crippen molar-refractivity contribution in [2.45, 2.75) is 13.0 Å². The first kappa shape index (κ1) is 9.65. The van der Waals surface area contributed by atoms with Crippen molar-refractivity contribution in [2.75, 3.05) is 0 Å². The lowest BCUT2D eigenvalue weighted by Crippen LogP contribution is -2.05. The molecule has 0 aliphatic heterocycles. The highest BCUT2D eigenvalue weighted by Crippen LogP contribution is 2.21. The minimum Gasteiger partial charge on any atom is -0.264 e. The maximum atomic E-state index is 10.6. The standard InChI is InChI=1S/C12H11NO2/c1-9(13(14)15)11-7-6-10-4-2-3-5-12(10)8-11/h2-9H,1H3. The molecule has 2 aromatic carbocycles. The molecule has 0 aliphatic carbocycles. The SMILES string of the molecule is CC(c1ccc2ccccc2c1)[N+](=O)[O-]. The largest absolute Gasteiger partial charge is 0.264 e. The van der Waals surface area contributed by atoms with Gasteiger partial charge in [0.05, 0.1) is 0 Å². The van der Waals surface area contributed by atoms with Gasteiger partial charge in [-0.1, -0.05) is 36.4 Å². The smallest absolute Gasteiger partial charge is 0.235 e. The van der Waals surface area contributed by atoms with Gasteiger partial charge in [0.15, 0.2) is 0 Å². The highest BCUT2D eigenvalue weighted by atomic mass is 16.6. The van der Waals surface area contributed by atoms with Gasteiger partial charge >= 0.3 is 0 Å². The van der Waals surface area contributed by atoms with E-state index in [9.17, 15) is 10.1 Å². The molecule has 1 unspecified atom stereocenters. The predicted octanol–water partition coefficient (Wildman–Crippen LogP) is 3.18. The number of benzene rings is 2. The number of hydrogen-bond acceptors (Lipinski definition) is 2. The minimum atomic E-state index is -0.644. The van der Waals surface area contributed by atoms with Gasteiger partial charge in [0.1, 0.15) is 0 Å². The zero-order valence-corrected chi connectivity index (χ0v) is 8.38. The Labute approximate surface area is 87.5 Å². The number of hydrogen-bond donors (Lipinski definition) is 0. The van der Waals surface area contributed by atoms with E-state index >= 15 is 0 Å². The van der Waals surface area contributed by atoms with Crippen molar-refractivity contribution >= 4 is 10.8 Å². The van der Waals surface area contributed by atoms with E-state index in [1.807, 2.05) is 42.5 Å². The second-order valence-corrected chi connectivity index (χ2v) is 3.57. The molecule has 0 N–H and O–H groups in total. The maximum Gasteiger partial charge on any atom is 0.235 e. The summed E-state index contributed by atoms with van der Waals surface area (Å²) in [6, 6.07) is 12.8. The average molecular weight is 201 g/mol. The van der Waals surface area contributed by atoms with Crippen LogP contribution in [0.5, 0.6) is 0 Å². The van der Waals surface area contributed by atoms with Crippen LogP contribution < -0.4 is 0 Å². The van der Waals surface area contributed by atoms with Crippen LogP contribution in [0.25, 0.3) is 10.8 Å². The third-order valence-electron chi connectivity index (χ3n) is 2.57. The van der Waals surface area contributed by atoms with E-state index in [0.29, 0.717) is 0 Å². The van der Waals surface area contributed by atoms with Gasteiger partial charge in [-0.05, 0) is 16.8 Å². The van der Waals surface area contributed by atoms with E-state index < -0.39 is 6.04 Å². The van der Waals surface area contributed by atoms with Crippen LogP contribution in [0.2, 0.25) is 0 Å². The van der Waals surface area contributed by atoms with Gasteiger partial charge < -0.3 is 0 Å². The number of nitro groups is 1. The van der Waals surface area contributed by atoms with Crippen LogP contribution in [0.3, 0.4) is 0 Å². The molecular formula is C12H11NO2. The molecule has 1 atom stereocenters. The Morgan fingerprint density at radius 2 is 1.80 bits per heavy atom. The van der Waals surface area contributed by atoms with Crippen LogP contribution in [0.4, 0.5) is 0 Å². The van der Waals surface area contributed by atoms with Crippen molar-refractivity contribution < 1.29 is 4.92 Å². The molecule has 76 valence electrons. The summed E-state index contributed by atoms with van der Waals surface area (Å²) in [5.41, 5.74) is 0.749. The van der Waals surface area contributed by atoms with Gasteiger partial charge in [0.25, 0.3) is 0 Å². The molecule has 0 fully saturated rings. The third kappa shape index (κ3) is 1.81.